The summed E-state index contributed by atoms with van der Waals surface area (Å²) in [6, 6.07) is 32.6. The highest BCUT2D eigenvalue weighted by atomic mass is 31.2. The number of para-hydroxylation sites is 1. The van der Waals surface area contributed by atoms with E-state index in [2.05, 4.69) is 0 Å². The van der Waals surface area contributed by atoms with Crippen LogP contribution in [-0.4, -0.2) is 70.8 Å². The second-order valence-corrected chi connectivity index (χ2v) is 15.6. The average molecular weight is 636 g/mol. The normalized spacial score (nSPS) is 19.5. The van der Waals surface area contributed by atoms with Crippen molar-refractivity contribution < 1.29 is 24.1 Å². The predicted molar refractivity (Wildman–Crippen MR) is 181 cm³/mol. The maximum Gasteiger partial charge on any atom is 0.329 e. The minimum Gasteiger partial charge on any atom is -0.480 e. The zero-order valence-electron chi connectivity index (χ0n) is 26.0. The Morgan fingerprint density at radius 3 is 1.80 bits per heavy atom. The summed E-state index contributed by atoms with van der Waals surface area (Å²) in [5.74, 6) is -2.10. The van der Waals surface area contributed by atoms with Gasteiger partial charge in [0, 0.05) is 11.8 Å². The van der Waals surface area contributed by atoms with Crippen LogP contribution in [-0.2, 0) is 14.2 Å². The van der Waals surface area contributed by atoms with Crippen molar-refractivity contribution in [2.75, 3.05) is 24.8 Å². The molecule has 2 heterocycles. The fourth-order valence-electron chi connectivity index (χ4n) is 6.93. The van der Waals surface area contributed by atoms with Crippen LogP contribution in [0.1, 0.15) is 36.3 Å². The van der Waals surface area contributed by atoms with E-state index < -0.39 is 31.1 Å². The van der Waals surface area contributed by atoms with Crippen LogP contribution in [0.5, 0.6) is 0 Å². The van der Waals surface area contributed by atoms with Crippen LogP contribution >= 0.6 is 7.14 Å². The number of hydrogen-bond acceptors (Lipinski definition) is 4. The van der Waals surface area contributed by atoms with Gasteiger partial charge in [0.2, 0.25) is 5.91 Å². The molecule has 4 aromatic carbocycles. The van der Waals surface area contributed by atoms with Crippen molar-refractivity contribution in [3.05, 3.63) is 126 Å². The number of carbonyl (C=O) groups excluding carboxylic acids is 2. The monoisotopic (exact) mass is 635 g/mol. The van der Waals surface area contributed by atoms with Crippen LogP contribution < -0.4 is 10.2 Å². The Morgan fingerprint density at radius 1 is 0.761 bits per heavy atom. The zero-order valence-corrected chi connectivity index (χ0v) is 26.9. The molecule has 4 aromatic rings. The van der Waals surface area contributed by atoms with Gasteiger partial charge in [0.15, 0.2) is 0 Å². The van der Waals surface area contributed by atoms with Crippen LogP contribution in [0.15, 0.2) is 115 Å². The van der Waals surface area contributed by atoms with Crippen molar-refractivity contribution in [1.82, 2.24) is 9.80 Å². The van der Waals surface area contributed by atoms with Crippen LogP contribution in [0, 0.1) is 0 Å². The minimum absolute atomic E-state index is 0.116. The van der Waals surface area contributed by atoms with Crippen LogP contribution in [0.25, 0.3) is 0 Å². The van der Waals surface area contributed by atoms with Gasteiger partial charge in [-0.25, -0.2) is 9.59 Å². The van der Waals surface area contributed by atoms with Gasteiger partial charge in [0.25, 0.3) is 0 Å². The van der Waals surface area contributed by atoms with Crippen LogP contribution in [0.3, 0.4) is 0 Å². The van der Waals surface area contributed by atoms with E-state index in [1.165, 1.54) is 4.90 Å². The number of hydrogen-bond donors (Lipinski definition) is 1. The maximum atomic E-state index is 14.7. The Labute approximate surface area is 269 Å². The highest BCUT2D eigenvalue weighted by Gasteiger charge is 2.52. The number of urea groups is 1. The van der Waals surface area contributed by atoms with E-state index in [1.54, 1.807) is 47.4 Å². The summed E-state index contributed by atoms with van der Waals surface area (Å²) < 4.78 is 12.7. The predicted octanol–water partition coefficient (Wildman–Crippen LogP) is 6.54. The zero-order chi connectivity index (χ0) is 32.4. The van der Waals surface area contributed by atoms with Gasteiger partial charge in [0.1, 0.15) is 13.2 Å². The number of likely N-dealkylation sites (tertiary alicyclic amines) is 1. The molecule has 2 bridgehead atoms. The van der Waals surface area contributed by atoms with Gasteiger partial charge in [-0.3, -0.25) is 9.69 Å². The van der Waals surface area contributed by atoms with Crippen molar-refractivity contribution in [3.8, 4) is 0 Å². The average Bonchev–Trinajstić information content (AvgIpc) is 3.05. The van der Waals surface area contributed by atoms with Crippen molar-refractivity contribution in [2.24, 2.45) is 0 Å². The SMILES string of the molecule is CP(C)(=O)c1ccc(N(C(=O)N2[C@H]3CCC[C@@H]2[C@@H](C(=O)O)N(C(=O)C(c2ccccc2)c2ccccc2)C3)c2ccccc2)cc1. The van der Waals surface area contributed by atoms with Gasteiger partial charge in [-0.2, -0.15) is 0 Å². The Morgan fingerprint density at radius 2 is 1.28 bits per heavy atom. The first kappa shape index (κ1) is 31.3. The second kappa shape index (κ2) is 13.0. The molecule has 1 N–H and O–H groups in total. The first-order valence-corrected chi connectivity index (χ1v) is 18.2. The molecule has 9 heteroatoms. The highest BCUT2D eigenvalue weighted by Crippen LogP contribution is 2.40. The molecule has 0 aliphatic carbocycles. The van der Waals surface area contributed by atoms with Gasteiger partial charge in [-0.05, 0) is 80.1 Å². The number of amides is 3. The molecule has 0 saturated carbocycles. The molecule has 2 aliphatic heterocycles. The van der Waals surface area contributed by atoms with E-state index in [-0.39, 0.29) is 24.5 Å². The number of nitrogens with zero attached hydrogens (tertiary/aromatic N) is 3. The van der Waals surface area contributed by atoms with Crippen LogP contribution in [0.4, 0.5) is 16.2 Å². The fraction of sp³-hybridized carbons (Fsp3) is 0.270. The molecule has 0 spiro atoms. The molecule has 0 radical (unpaired) electrons. The molecular formula is C37H38N3O5P. The minimum atomic E-state index is -2.51. The van der Waals surface area contributed by atoms with E-state index in [1.807, 2.05) is 91.0 Å². The Kier molecular flexibility index (Phi) is 8.83. The summed E-state index contributed by atoms with van der Waals surface area (Å²) in [5, 5.41) is 11.4. The van der Waals surface area contributed by atoms with Gasteiger partial charge in [-0.15, -0.1) is 0 Å². The number of rotatable bonds is 7. The Hall–Kier alpha value is -4.68. The third-order valence-corrected chi connectivity index (χ3v) is 10.6. The van der Waals surface area contributed by atoms with Crippen LogP contribution in [0.2, 0.25) is 0 Å². The molecule has 46 heavy (non-hydrogen) atoms. The lowest BCUT2D eigenvalue weighted by Gasteiger charge is -2.54. The number of anilines is 2. The summed E-state index contributed by atoms with van der Waals surface area (Å²) >= 11 is 0. The number of carbonyl (C=O) groups is 3. The molecule has 2 aliphatic rings. The first-order valence-electron chi connectivity index (χ1n) is 15.6. The summed E-state index contributed by atoms with van der Waals surface area (Å²) in [6.07, 6.45) is 1.87. The molecule has 2 fully saturated rings. The topological polar surface area (TPSA) is 98.2 Å². The number of piperidine rings is 1. The number of carboxylic acid groups (broad SMARTS) is 1. The molecule has 0 unspecified atom stereocenters. The van der Waals surface area contributed by atoms with Crippen molar-refractivity contribution in [3.63, 3.8) is 0 Å². The number of benzene rings is 4. The standard InChI is InChI=1S/C37H38N3O5P/c1-46(2,45)31-23-21-29(22-24-31)39(28-17-10-5-11-18-28)37(44)40-30-19-12-20-32(40)34(36(42)43)38(25-30)35(41)33(26-13-6-3-7-14-26)27-15-8-4-9-16-27/h3-11,13-18,21-24,30,32-34H,12,19-20,25H2,1-2H3,(H,42,43)/t30-,32+,34-/m0/s1. The molecular weight excluding hydrogens is 597 g/mol. The number of carboxylic acids is 1. The molecule has 236 valence electrons. The van der Waals surface area contributed by atoms with Crippen molar-refractivity contribution in [1.29, 1.82) is 0 Å². The Bertz CT molecular complexity index is 1710. The van der Waals surface area contributed by atoms with E-state index in [0.717, 1.165) is 17.5 Å². The summed E-state index contributed by atoms with van der Waals surface area (Å²) in [7, 11) is -2.51. The highest BCUT2D eigenvalue weighted by molar-refractivity contribution is 7.70. The van der Waals surface area contributed by atoms with Crippen molar-refractivity contribution >= 4 is 41.7 Å². The molecule has 3 amide bonds. The number of fused-ring (bicyclic) bond motifs is 2. The molecule has 6 rings (SSSR count). The quantitative estimate of drug-likeness (QED) is 0.233. The van der Waals surface area contributed by atoms with Gasteiger partial charge in [0.05, 0.1) is 29.4 Å². The molecule has 8 nitrogen and oxygen atoms in total. The van der Waals surface area contributed by atoms with Gasteiger partial charge >= 0.3 is 12.0 Å². The molecule has 3 atom stereocenters. The maximum absolute atomic E-state index is 14.7. The van der Waals surface area contributed by atoms with Gasteiger partial charge in [-0.1, -0.05) is 78.9 Å². The lowest BCUT2D eigenvalue weighted by molar-refractivity contribution is -0.160. The summed E-state index contributed by atoms with van der Waals surface area (Å²) in [5.41, 5.74) is 2.79. The summed E-state index contributed by atoms with van der Waals surface area (Å²) in [4.78, 5) is 47.2. The van der Waals surface area contributed by atoms with Gasteiger partial charge < -0.3 is 19.5 Å². The Balaban J connectivity index is 1.38. The fourth-order valence-corrected chi connectivity index (χ4v) is 7.80. The van der Waals surface area contributed by atoms with E-state index in [0.29, 0.717) is 29.5 Å². The number of aliphatic carboxylic acids is 1. The van der Waals surface area contributed by atoms with E-state index >= 15 is 0 Å². The third kappa shape index (κ3) is 6.10. The smallest absolute Gasteiger partial charge is 0.329 e. The third-order valence-electron chi connectivity index (χ3n) is 9.10. The molecule has 2 saturated heterocycles. The lowest BCUT2D eigenvalue weighted by atomic mass is 9.83. The first-order chi connectivity index (χ1) is 22.1. The molecule has 0 aromatic heterocycles. The summed E-state index contributed by atoms with van der Waals surface area (Å²) in [6.45, 7) is 3.52. The second-order valence-electron chi connectivity index (χ2n) is 12.4. The van der Waals surface area contributed by atoms with Crippen molar-refractivity contribution in [2.45, 2.75) is 43.3 Å². The van der Waals surface area contributed by atoms with E-state index in [4.69, 9.17) is 0 Å². The largest absolute Gasteiger partial charge is 0.480 e. The van der Waals surface area contributed by atoms with E-state index in [9.17, 15) is 24.1 Å². The lowest BCUT2D eigenvalue weighted by Crippen LogP contribution is -2.71. The number of piperazine rings is 1.